The zero-order valence-corrected chi connectivity index (χ0v) is 14.8. The van der Waals surface area contributed by atoms with E-state index in [1.54, 1.807) is 0 Å². The average molecular weight is 379 g/mol. The number of nitrogens with zero attached hydrogens (tertiary/aromatic N) is 4. The molecule has 1 aromatic heterocycles. The number of aryl methyl sites for hydroxylation is 1. The van der Waals surface area contributed by atoms with Crippen LogP contribution in [0.1, 0.15) is 29.3 Å². The summed E-state index contributed by atoms with van der Waals surface area (Å²) in [6, 6.07) is 16.1. The second-order valence-corrected chi connectivity index (χ2v) is 6.33. The Hall–Kier alpha value is -3.75. The van der Waals surface area contributed by atoms with Gasteiger partial charge in [-0.3, -0.25) is 4.79 Å². The molecule has 0 radical (unpaired) electrons. The van der Waals surface area contributed by atoms with Gasteiger partial charge in [0, 0.05) is 12.3 Å². The van der Waals surface area contributed by atoms with E-state index in [0.29, 0.717) is 0 Å². The fraction of sp³-hybridized carbons (Fsp3) is 0.211. The van der Waals surface area contributed by atoms with Gasteiger partial charge in [0.1, 0.15) is 6.61 Å². The molecule has 28 heavy (non-hydrogen) atoms. The molecule has 1 heterocycles. The van der Waals surface area contributed by atoms with Crippen LogP contribution in [0.3, 0.4) is 0 Å². The number of hydrogen-bond donors (Lipinski definition) is 2. The molecule has 1 aliphatic carbocycles. The highest BCUT2D eigenvalue weighted by Gasteiger charge is 2.29. The van der Waals surface area contributed by atoms with E-state index in [2.05, 4.69) is 33.0 Å². The van der Waals surface area contributed by atoms with Crippen LogP contribution < -0.4 is 5.43 Å². The van der Waals surface area contributed by atoms with Crippen LogP contribution in [0.15, 0.2) is 48.5 Å². The Morgan fingerprint density at radius 1 is 1.07 bits per heavy atom. The molecule has 0 aliphatic heterocycles. The number of fused-ring (bicyclic) bond motifs is 3. The molecular formula is C19H17N5O4. The summed E-state index contributed by atoms with van der Waals surface area (Å²) in [6.45, 7) is 0.167. The van der Waals surface area contributed by atoms with E-state index >= 15 is 0 Å². The molecule has 0 spiro atoms. The maximum atomic E-state index is 12.1. The lowest BCUT2D eigenvalue weighted by Gasteiger charge is -2.14. The molecule has 0 fully saturated rings. The van der Waals surface area contributed by atoms with Crippen molar-refractivity contribution in [3.63, 3.8) is 0 Å². The van der Waals surface area contributed by atoms with Gasteiger partial charge in [0.25, 0.3) is 0 Å². The number of carbonyl (C=O) groups is 2. The summed E-state index contributed by atoms with van der Waals surface area (Å²) in [4.78, 5) is 23.6. The van der Waals surface area contributed by atoms with Gasteiger partial charge in [-0.15, -0.1) is 10.2 Å². The van der Waals surface area contributed by atoms with Gasteiger partial charge in [-0.2, -0.15) is 5.43 Å². The Morgan fingerprint density at radius 3 is 2.36 bits per heavy atom. The monoisotopic (exact) mass is 379 g/mol. The minimum Gasteiger partial charge on any atom is -0.481 e. The predicted octanol–water partition coefficient (Wildman–Crippen LogP) is 2.18. The van der Waals surface area contributed by atoms with Crippen LogP contribution in [0, 0.1) is 0 Å². The van der Waals surface area contributed by atoms with Crippen molar-refractivity contribution in [3.8, 4) is 11.1 Å². The first kappa shape index (κ1) is 17.7. The number of carbonyl (C=O) groups excluding carboxylic acids is 1. The highest BCUT2D eigenvalue weighted by Crippen LogP contribution is 2.44. The summed E-state index contributed by atoms with van der Waals surface area (Å²) in [5, 5.41) is 19.9. The zero-order chi connectivity index (χ0) is 19.5. The molecule has 142 valence electrons. The van der Waals surface area contributed by atoms with E-state index in [4.69, 9.17) is 9.84 Å². The summed E-state index contributed by atoms with van der Waals surface area (Å²) < 4.78 is 5.38. The summed E-state index contributed by atoms with van der Waals surface area (Å²) in [5.74, 6) is -0.782. The van der Waals surface area contributed by atoms with Gasteiger partial charge >= 0.3 is 12.1 Å². The zero-order valence-electron chi connectivity index (χ0n) is 14.8. The van der Waals surface area contributed by atoms with Crippen molar-refractivity contribution >= 4 is 12.1 Å². The van der Waals surface area contributed by atoms with Gasteiger partial charge in [-0.25, -0.2) is 4.79 Å². The smallest absolute Gasteiger partial charge is 0.429 e. The van der Waals surface area contributed by atoms with Crippen molar-refractivity contribution < 1.29 is 19.4 Å². The van der Waals surface area contributed by atoms with E-state index in [9.17, 15) is 9.59 Å². The van der Waals surface area contributed by atoms with Crippen LogP contribution >= 0.6 is 0 Å². The SMILES string of the molecule is O=C(O)CCc1nnn(NC(=O)OCC2c3ccccc3-c3ccccc32)n1. The number of aliphatic carboxylic acids is 1. The Kier molecular flexibility index (Phi) is 4.71. The molecule has 1 amide bonds. The molecular weight excluding hydrogens is 362 g/mol. The number of aromatic nitrogens is 4. The summed E-state index contributed by atoms with van der Waals surface area (Å²) >= 11 is 0. The Morgan fingerprint density at radius 2 is 1.71 bits per heavy atom. The largest absolute Gasteiger partial charge is 0.481 e. The molecule has 9 heteroatoms. The van der Waals surface area contributed by atoms with Crippen LogP contribution in [-0.2, 0) is 16.0 Å². The van der Waals surface area contributed by atoms with Gasteiger partial charge in [-0.1, -0.05) is 53.4 Å². The first-order valence-corrected chi connectivity index (χ1v) is 8.74. The lowest BCUT2D eigenvalue weighted by atomic mass is 9.98. The van der Waals surface area contributed by atoms with Gasteiger partial charge < -0.3 is 9.84 Å². The minimum absolute atomic E-state index is 0.0482. The fourth-order valence-electron chi connectivity index (χ4n) is 3.32. The number of nitrogens with one attached hydrogen (secondary N) is 1. The first-order chi connectivity index (χ1) is 13.6. The molecule has 0 saturated carbocycles. The number of rotatable bonds is 6. The molecule has 0 saturated heterocycles. The molecule has 2 N–H and O–H groups in total. The number of tetrazole rings is 1. The molecule has 9 nitrogen and oxygen atoms in total. The number of carboxylic acids is 1. The second-order valence-electron chi connectivity index (χ2n) is 6.33. The summed E-state index contributed by atoms with van der Waals surface area (Å²) in [7, 11) is 0. The van der Waals surface area contributed by atoms with Crippen LogP contribution in [0.2, 0.25) is 0 Å². The Labute approximate surface area is 159 Å². The molecule has 0 unspecified atom stereocenters. The summed E-state index contributed by atoms with van der Waals surface area (Å²) in [6.07, 6.45) is -0.706. The topological polar surface area (TPSA) is 119 Å². The lowest BCUT2D eigenvalue weighted by Crippen LogP contribution is -2.27. The first-order valence-electron chi connectivity index (χ1n) is 8.74. The van der Waals surface area contributed by atoms with Crippen LogP contribution in [0.5, 0.6) is 0 Å². The third-order valence-corrected chi connectivity index (χ3v) is 4.55. The molecule has 0 atom stereocenters. The van der Waals surface area contributed by atoms with Crippen LogP contribution in [0.25, 0.3) is 11.1 Å². The van der Waals surface area contributed by atoms with E-state index in [0.717, 1.165) is 27.2 Å². The standard InChI is InChI=1S/C19H17N5O4/c25-18(26)10-9-17-20-23-24(21-17)22-19(27)28-11-16-14-7-3-1-5-12(14)13-6-2-4-8-15(13)16/h1-8,16H,9-11H2,(H,22,27)(H,25,26). The Bertz CT molecular complexity index is 987. The van der Waals surface area contributed by atoms with Crippen LogP contribution in [0.4, 0.5) is 4.79 Å². The second kappa shape index (κ2) is 7.47. The highest BCUT2D eigenvalue weighted by molar-refractivity contribution is 5.79. The predicted molar refractivity (Wildman–Crippen MR) is 98.2 cm³/mol. The van der Waals surface area contributed by atoms with Crippen molar-refractivity contribution in [1.82, 2.24) is 20.3 Å². The number of carboxylic acid groups (broad SMARTS) is 1. The molecule has 4 rings (SSSR count). The van der Waals surface area contributed by atoms with E-state index < -0.39 is 12.1 Å². The quantitative estimate of drug-likeness (QED) is 0.674. The number of hydrogen-bond acceptors (Lipinski definition) is 6. The van der Waals surface area contributed by atoms with E-state index in [1.807, 2.05) is 36.4 Å². The number of amides is 1. The minimum atomic E-state index is -0.958. The van der Waals surface area contributed by atoms with Gasteiger partial charge in [0.15, 0.2) is 5.82 Å². The highest BCUT2D eigenvalue weighted by atomic mass is 16.6. The van der Waals surface area contributed by atoms with Crippen molar-refractivity contribution in [2.75, 3.05) is 12.0 Å². The molecule has 2 aromatic carbocycles. The van der Waals surface area contributed by atoms with Gasteiger partial charge in [0.2, 0.25) is 0 Å². The van der Waals surface area contributed by atoms with Crippen molar-refractivity contribution in [1.29, 1.82) is 0 Å². The average Bonchev–Trinajstić information content (AvgIpc) is 3.27. The third-order valence-electron chi connectivity index (χ3n) is 4.55. The van der Waals surface area contributed by atoms with Crippen molar-refractivity contribution in [2.24, 2.45) is 0 Å². The Balaban J connectivity index is 1.40. The van der Waals surface area contributed by atoms with Gasteiger partial charge in [-0.05, 0) is 27.5 Å². The third kappa shape index (κ3) is 3.54. The van der Waals surface area contributed by atoms with E-state index in [1.165, 1.54) is 0 Å². The number of benzene rings is 2. The molecule has 1 aliphatic rings. The maximum Gasteiger partial charge on any atom is 0.429 e. The normalized spacial score (nSPS) is 12.3. The molecule has 3 aromatic rings. The molecule has 0 bridgehead atoms. The van der Waals surface area contributed by atoms with Crippen molar-refractivity contribution in [3.05, 3.63) is 65.5 Å². The maximum absolute atomic E-state index is 12.1. The van der Waals surface area contributed by atoms with E-state index in [-0.39, 0.29) is 31.2 Å². The van der Waals surface area contributed by atoms with Gasteiger partial charge in [0.05, 0.1) is 6.42 Å². The lowest BCUT2D eigenvalue weighted by molar-refractivity contribution is -0.137. The van der Waals surface area contributed by atoms with Crippen LogP contribution in [-0.4, -0.2) is 44.1 Å². The van der Waals surface area contributed by atoms with Crippen molar-refractivity contribution in [2.45, 2.75) is 18.8 Å². The fourth-order valence-corrected chi connectivity index (χ4v) is 3.32. The summed E-state index contributed by atoms with van der Waals surface area (Å²) in [5.41, 5.74) is 6.87. The number of ether oxygens (including phenoxy) is 1.